The van der Waals surface area contributed by atoms with Crippen LogP contribution in [0.15, 0.2) is 155 Å². The number of hydrogen-bond acceptors (Lipinski definition) is 17. The first kappa shape index (κ1) is 61.3. The number of aryl methyl sites for hydroxylation is 4. The topological polar surface area (TPSA) is 297 Å². The lowest BCUT2D eigenvalue weighted by molar-refractivity contribution is -0.386. The molecule has 0 saturated carbocycles. The zero-order valence-electron chi connectivity index (χ0n) is 44.2. The van der Waals surface area contributed by atoms with E-state index in [2.05, 4.69) is 15.6 Å². The Kier molecular flexibility index (Phi) is 25.3. The van der Waals surface area contributed by atoms with Crippen LogP contribution in [0.4, 0.5) is 22.7 Å². The van der Waals surface area contributed by atoms with Crippen LogP contribution in [-0.2, 0) is 53.9 Å². The van der Waals surface area contributed by atoms with Gasteiger partial charge in [-0.05, 0) is 100 Å². The average Bonchev–Trinajstić information content (AvgIpc) is 3.95. The van der Waals surface area contributed by atoms with Gasteiger partial charge >= 0.3 is 5.97 Å². The Bertz CT molecular complexity index is 3120. The summed E-state index contributed by atoms with van der Waals surface area (Å²) in [5, 5.41) is 48.8. The smallest absolute Gasteiger partial charge is 0.335 e. The number of aromatic nitrogens is 2. The van der Waals surface area contributed by atoms with Gasteiger partial charge in [0.2, 0.25) is 0 Å². The summed E-state index contributed by atoms with van der Waals surface area (Å²) >= 11 is 0. The number of amides is 1. The van der Waals surface area contributed by atoms with E-state index in [-0.39, 0.29) is 36.1 Å². The first-order valence-electron chi connectivity index (χ1n) is 23.8. The fourth-order valence-corrected chi connectivity index (χ4v) is 6.85. The van der Waals surface area contributed by atoms with Crippen LogP contribution in [0.1, 0.15) is 77.0 Å². The van der Waals surface area contributed by atoms with E-state index >= 15 is 0 Å². The summed E-state index contributed by atoms with van der Waals surface area (Å²) in [6, 6.07) is 41.2. The summed E-state index contributed by atoms with van der Waals surface area (Å²) in [7, 11) is 4.79. The molecule has 0 saturated heterocycles. The number of carbonyl (C=O) groups is 2. The number of nitro groups is 2. The third-order valence-electron chi connectivity index (χ3n) is 11.1. The predicted octanol–water partition coefficient (Wildman–Crippen LogP) is 11.1. The molecular weight excluding hydrogens is 1010 g/mol. The van der Waals surface area contributed by atoms with Gasteiger partial charge in [0, 0.05) is 61.5 Å². The number of nitro benzene ring substituents is 2. The normalized spacial score (nSPS) is 10.2. The van der Waals surface area contributed by atoms with Crippen molar-refractivity contribution in [3.63, 3.8) is 0 Å². The number of nitrogen functional groups attached to an aromatic ring is 1. The number of benzene rings is 6. The van der Waals surface area contributed by atoms with E-state index in [0.29, 0.717) is 54.6 Å². The lowest BCUT2D eigenvalue weighted by atomic mass is 10.1. The van der Waals surface area contributed by atoms with Crippen molar-refractivity contribution in [3.05, 3.63) is 233 Å². The Hall–Kier alpha value is -9.28. The molecule has 0 atom stereocenters. The molecule has 0 bridgehead atoms. The molecule has 78 heavy (non-hydrogen) atoms. The van der Waals surface area contributed by atoms with Crippen molar-refractivity contribution < 1.29 is 62.4 Å². The summed E-state index contributed by atoms with van der Waals surface area (Å²) in [5.41, 5.74) is 14.4. The monoisotopic (exact) mass is 1070 g/mol. The molecule has 5 N–H and O–H groups in total. The van der Waals surface area contributed by atoms with E-state index in [4.69, 9.17) is 48.7 Å². The van der Waals surface area contributed by atoms with E-state index in [9.17, 15) is 29.8 Å². The summed E-state index contributed by atoms with van der Waals surface area (Å²) in [4.78, 5) is 43.0. The Labute approximate surface area is 450 Å². The highest BCUT2D eigenvalue weighted by Gasteiger charge is 2.14. The third-order valence-corrected chi connectivity index (χ3v) is 11.1. The molecule has 21 nitrogen and oxygen atoms in total. The second kappa shape index (κ2) is 32.2. The van der Waals surface area contributed by atoms with Gasteiger partial charge in [-0.3, -0.25) is 25.0 Å². The number of carboxylic acids is 1. The molecule has 2 heterocycles. The van der Waals surface area contributed by atoms with E-state index in [1.807, 2.05) is 76.2 Å². The van der Waals surface area contributed by atoms with Crippen LogP contribution >= 0.6 is 0 Å². The molecule has 0 aliphatic carbocycles. The molecule has 8 aromatic rings. The number of methoxy groups -OCH3 is 3. The van der Waals surface area contributed by atoms with Gasteiger partial charge in [-0.15, -0.1) is 0 Å². The van der Waals surface area contributed by atoms with Crippen LogP contribution in [0.2, 0.25) is 0 Å². The number of rotatable bonds is 18. The van der Waals surface area contributed by atoms with Crippen LogP contribution in [-0.4, -0.2) is 63.6 Å². The van der Waals surface area contributed by atoms with Crippen molar-refractivity contribution in [2.45, 2.75) is 67.3 Å². The Morgan fingerprint density at radius 1 is 0.551 bits per heavy atom. The Morgan fingerprint density at radius 2 is 0.949 bits per heavy atom. The van der Waals surface area contributed by atoms with E-state index in [1.165, 1.54) is 37.4 Å². The van der Waals surface area contributed by atoms with Crippen molar-refractivity contribution in [3.8, 4) is 11.5 Å². The summed E-state index contributed by atoms with van der Waals surface area (Å²) in [5.74, 6) is 1.63. The number of aromatic carboxylic acids is 1. The number of para-hydroxylation sites is 4. The lowest BCUT2D eigenvalue weighted by Crippen LogP contribution is -2.13. The standard InChI is InChI=1S/C21H22N2O4.C13H13NO4.C8H9NO3.C8H11NO.C7H7NO3/c1-14-19(15(2)27-23-14)13-26-18-10-8-16(9-11-18)21(24)22-20-7-5-4-6-17(20)12-25-3;1-8-12(9(2)18-14-8)7-17-11-5-3-10(4-6-11)13(15)16;1-12-6-7-4-2-3-5-8(7)9(10)11;1-10-6-7-4-2-3-5-8(7)9;9-5-6-3-1-2-4-7(6)8(10)11/h4-11H,12-13H2,1-3H3,(H,22,24);3-6H,7H2,1-2H3,(H,15,16);2-5H,6H2,1H3;2-5H,6,9H2,1H3;1-4,9H,5H2. The molecule has 6 aromatic carbocycles. The van der Waals surface area contributed by atoms with Gasteiger partial charge in [0.15, 0.2) is 0 Å². The molecular formula is C57H62N6O15. The number of aliphatic hydroxyl groups excluding tert-OH is 1. The molecule has 0 aliphatic rings. The summed E-state index contributed by atoms with van der Waals surface area (Å²) in [6.07, 6.45) is 0. The van der Waals surface area contributed by atoms with Crippen molar-refractivity contribution in [2.24, 2.45) is 0 Å². The molecule has 0 fully saturated rings. The zero-order valence-corrected chi connectivity index (χ0v) is 44.2. The van der Waals surface area contributed by atoms with Gasteiger partial charge in [-0.2, -0.15) is 0 Å². The van der Waals surface area contributed by atoms with Gasteiger partial charge in [-0.1, -0.05) is 71.0 Å². The molecule has 21 heteroatoms. The van der Waals surface area contributed by atoms with Gasteiger partial charge < -0.3 is 54.0 Å². The number of anilines is 2. The number of carboxylic acid groups (broad SMARTS) is 1. The van der Waals surface area contributed by atoms with Gasteiger partial charge in [-0.25, -0.2) is 4.79 Å². The van der Waals surface area contributed by atoms with Crippen LogP contribution < -0.4 is 20.5 Å². The SMILES string of the molecule is COCc1ccccc1N.COCc1ccccc1NC(=O)c1ccc(OCc2c(C)noc2C)cc1.COCc1ccccc1[N+](=O)[O-].Cc1noc(C)c1COc1ccc(C(=O)O)cc1.O=[N+]([O-])c1ccccc1CO. The molecule has 8 rings (SSSR count). The van der Waals surface area contributed by atoms with Crippen LogP contribution in [0, 0.1) is 47.9 Å². The highest BCUT2D eigenvalue weighted by molar-refractivity contribution is 6.04. The molecule has 1 amide bonds. The van der Waals surface area contributed by atoms with Gasteiger partial charge in [0.05, 0.1) is 75.5 Å². The average molecular weight is 1070 g/mol. The predicted molar refractivity (Wildman–Crippen MR) is 290 cm³/mol. The second-order valence-corrected chi connectivity index (χ2v) is 16.6. The molecule has 410 valence electrons. The van der Waals surface area contributed by atoms with E-state index < -0.39 is 15.8 Å². The maximum absolute atomic E-state index is 12.5. The second-order valence-electron chi connectivity index (χ2n) is 16.6. The van der Waals surface area contributed by atoms with Crippen molar-refractivity contribution in [2.75, 3.05) is 32.4 Å². The highest BCUT2D eigenvalue weighted by atomic mass is 16.6. The summed E-state index contributed by atoms with van der Waals surface area (Å²) < 4.78 is 36.4. The Morgan fingerprint density at radius 3 is 1.37 bits per heavy atom. The van der Waals surface area contributed by atoms with Crippen molar-refractivity contribution in [1.29, 1.82) is 0 Å². The van der Waals surface area contributed by atoms with Crippen molar-refractivity contribution >= 4 is 34.6 Å². The maximum Gasteiger partial charge on any atom is 0.335 e. The molecule has 0 unspecified atom stereocenters. The molecule has 0 spiro atoms. The first-order valence-corrected chi connectivity index (χ1v) is 23.8. The number of aliphatic hydroxyl groups is 1. The minimum absolute atomic E-state index is 0.0324. The van der Waals surface area contributed by atoms with Gasteiger partial charge in [0.25, 0.3) is 17.3 Å². The number of carbonyl (C=O) groups excluding carboxylic acids is 1. The first-order chi connectivity index (χ1) is 37.5. The maximum atomic E-state index is 12.5. The minimum Gasteiger partial charge on any atom is -0.489 e. The van der Waals surface area contributed by atoms with Crippen LogP contribution in [0.3, 0.4) is 0 Å². The molecule has 2 aromatic heterocycles. The number of ether oxygens (including phenoxy) is 5. The zero-order chi connectivity index (χ0) is 57.0. The molecule has 0 radical (unpaired) electrons. The summed E-state index contributed by atoms with van der Waals surface area (Å²) in [6.45, 7) is 9.14. The van der Waals surface area contributed by atoms with Crippen molar-refractivity contribution in [1.82, 2.24) is 10.3 Å². The largest absolute Gasteiger partial charge is 0.489 e. The van der Waals surface area contributed by atoms with E-state index in [1.54, 1.807) is 80.9 Å². The minimum atomic E-state index is -0.952. The number of nitrogens with two attached hydrogens (primary N) is 1. The lowest BCUT2D eigenvalue weighted by Gasteiger charge is -2.11. The van der Waals surface area contributed by atoms with E-state index in [0.717, 1.165) is 56.5 Å². The van der Waals surface area contributed by atoms with Gasteiger partial charge in [0.1, 0.15) is 36.2 Å². The third kappa shape index (κ3) is 19.5. The Balaban J connectivity index is 0.000000223. The quantitative estimate of drug-likeness (QED) is 0.0353. The fourth-order valence-electron chi connectivity index (χ4n) is 6.85. The number of nitrogens with zero attached hydrogens (tertiary/aromatic N) is 4. The molecule has 0 aliphatic heterocycles. The number of hydrogen-bond donors (Lipinski definition) is 4. The number of nitrogens with one attached hydrogen (secondary N) is 1. The fraction of sp³-hybridized carbons (Fsp3) is 0.228. The highest BCUT2D eigenvalue weighted by Crippen LogP contribution is 2.23. The van der Waals surface area contributed by atoms with Crippen LogP contribution in [0.25, 0.3) is 0 Å². The van der Waals surface area contributed by atoms with Crippen LogP contribution in [0.5, 0.6) is 11.5 Å².